The molecule has 0 unspecified atom stereocenters. The predicted octanol–water partition coefficient (Wildman–Crippen LogP) is 2.48. The Bertz CT molecular complexity index is 358. The topological polar surface area (TPSA) is 34.2 Å². The average molecular weight is 176 g/mol. The molecule has 0 bridgehead atoms. The van der Waals surface area contributed by atoms with E-state index in [2.05, 4.69) is 30.7 Å². The number of anilines is 1. The van der Waals surface area contributed by atoms with E-state index in [1.54, 1.807) is 0 Å². The van der Waals surface area contributed by atoms with E-state index in [-0.39, 0.29) is 0 Å². The monoisotopic (exact) mass is 176 g/mol. The molecule has 0 amide bonds. The summed E-state index contributed by atoms with van der Waals surface area (Å²) in [6.45, 7) is 7.92. The van der Waals surface area contributed by atoms with Crippen molar-refractivity contribution in [1.82, 2.24) is 4.98 Å². The molecule has 0 fully saturated rings. The smallest absolute Gasteiger partial charge is 0.192 e. The molecule has 0 spiro atoms. The van der Waals surface area contributed by atoms with Crippen LogP contribution < -0.4 is 10.1 Å². The van der Waals surface area contributed by atoms with Crippen LogP contribution in [0, 0.1) is 0 Å². The number of nitrogens with one attached hydrogen (secondary N) is 1. The lowest BCUT2D eigenvalue weighted by Crippen LogP contribution is -1.93. The molecule has 1 N–H and O–H groups in total. The molecule has 68 valence electrons. The van der Waals surface area contributed by atoms with Crippen molar-refractivity contribution in [3.05, 3.63) is 30.3 Å². The number of nitrogens with zero attached hydrogens (tertiary/aromatic N) is 1. The number of pyridine rings is 1. The summed E-state index contributed by atoms with van der Waals surface area (Å²) in [5, 5.41) is 2.94. The van der Waals surface area contributed by atoms with Gasteiger partial charge in [-0.25, -0.2) is 4.98 Å². The quantitative estimate of drug-likeness (QED) is 0.713. The second kappa shape index (κ2) is 2.76. The van der Waals surface area contributed by atoms with E-state index in [1.807, 2.05) is 12.3 Å². The van der Waals surface area contributed by atoms with Gasteiger partial charge in [0, 0.05) is 6.20 Å². The van der Waals surface area contributed by atoms with Gasteiger partial charge in [0.2, 0.25) is 0 Å². The summed E-state index contributed by atoms with van der Waals surface area (Å²) in [6, 6.07) is 2.00. The van der Waals surface area contributed by atoms with Crippen LogP contribution in [0.15, 0.2) is 24.7 Å². The Kier molecular flexibility index (Phi) is 1.72. The fourth-order valence-corrected chi connectivity index (χ4v) is 1.24. The largest absolute Gasteiger partial charge is 0.438 e. The first-order valence-corrected chi connectivity index (χ1v) is 4.30. The number of ether oxygens (including phenoxy) is 1. The van der Waals surface area contributed by atoms with Gasteiger partial charge in [0.05, 0.1) is 0 Å². The van der Waals surface area contributed by atoms with E-state index in [1.165, 1.54) is 5.56 Å². The van der Waals surface area contributed by atoms with Gasteiger partial charge < -0.3 is 10.1 Å². The van der Waals surface area contributed by atoms with Crippen LogP contribution in [0.25, 0.3) is 0 Å². The molecule has 0 saturated heterocycles. The maximum Gasteiger partial charge on any atom is 0.192 e. The first-order valence-electron chi connectivity index (χ1n) is 4.30. The summed E-state index contributed by atoms with van der Waals surface area (Å²) in [5.74, 6) is 2.55. The van der Waals surface area contributed by atoms with Crippen molar-refractivity contribution in [2.45, 2.75) is 19.8 Å². The molecule has 3 nitrogen and oxygen atoms in total. The normalized spacial score (nSPS) is 13.9. The highest BCUT2D eigenvalue weighted by Gasteiger charge is 2.17. The van der Waals surface area contributed by atoms with Gasteiger partial charge in [-0.15, -0.1) is 0 Å². The van der Waals surface area contributed by atoms with Crippen LogP contribution in [-0.2, 0) is 0 Å². The Hall–Kier alpha value is -1.51. The lowest BCUT2D eigenvalue weighted by molar-refractivity contribution is 0.458. The van der Waals surface area contributed by atoms with Crippen LogP contribution in [0.2, 0.25) is 0 Å². The molecule has 1 aromatic heterocycles. The number of hydrogen-bond acceptors (Lipinski definition) is 3. The van der Waals surface area contributed by atoms with Gasteiger partial charge in [-0.3, -0.25) is 0 Å². The van der Waals surface area contributed by atoms with Crippen LogP contribution in [-0.4, -0.2) is 4.98 Å². The fraction of sp³-hybridized carbons (Fsp3) is 0.300. The fourth-order valence-electron chi connectivity index (χ4n) is 1.24. The number of aromatic nitrogens is 1. The summed E-state index contributed by atoms with van der Waals surface area (Å²) in [5.41, 5.74) is 1.18. The summed E-state index contributed by atoms with van der Waals surface area (Å²) in [4.78, 5) is 4.23. The van der Waals surface area contributed by atoms with Gasteiger partial charge >= 0.3 is 0 Å². The molecule has 13 heavy (non-hydrogen) atoms. The molecule has 1 aliphatic heterocycles. The molecule has 0 aliphatic carbocycles. The molecule has 0 radical (unpaired) electrons. The molecule has 2 heterocycles. The van der Waals surface area contributed by atoms with Crippen molar-refractivity contribution in [2.24, 2.45) is 0 Å². The zero-order chi connectivity index (χ0) is 9.42. The minimum Gasteiger partial charge on any atom is -0.438 e. The molecule has 0 atom stereocenters. The zero-order valence-electron chi connectivity index (χ0n) is 7.79. The predicted molar refractivity (Wildman–Crippen MR) is 51.7 cm³/mol. The van der Waals surface area contributed by atoms with Crippen LogP contribution in [0.4, 0.5) is 5.82 Å². The molecule has 1 aliphatic rings. The Morgan fingerprint density at radius 3 is 3.00 bits per heavy atom. The molecular weight excluding hydrogens is 164 g/mol. The summed E-state index contributed by atoms with van der Waals surface area (Å²) < 4.78 is 5.33. The average Bonchev–Trinajstić information content (AvgIpc) is 2.42. The first kappa shape index (κ1) is 8.10. The highest BCUT2D eigenvalue weighted by molar-refractivity contribution is 5.59. The van der Waals surface area contributed by atoms with Crippen molar-refractivity contribution >= 4 is 5.82 Å². The Balaban J connectivity index is 2.40. The van der Waals surface area contributed by atoms with Gasteiger partial charge in [0.15, 0.2) is 17.5 Å². The highest BCUT2D eigenvalue weighted by Crippen LogP contribution is 2.32. The Morgan fingerprint density at radius 1 is 1.54 bits per heavy atom. The van der Waals surface area contributed by atoms with Gasteiger partial charge in [-0.05, 0) is 24.1 Å². The first-order chi connectivity index (χ1) is 6.16. The number of rotatable bonds is 1. The lowest BCUT2D eigenvalue weighted by atomic mass is 10.1. The van der Waals surface area contributed by atoms with Crippen molar-refractivity contribution in [3.8, 4) is 5.75 Å². The van der Waals surface area contributed by atoms with E-state index < -0.39 is 0 Å². The van der Waals surface area contributed by atoms with Crippen LogP contribution in [0.5, 0.6) is 5.75 Å². The van der Waals surface area contributed by atoms with Gasteiger partial charge in [0.25, 0.3) is 0 Å². The summed E-state index contributed by atoms with van der Waals surface area (Å²) in [6.07, 6.45) is 1.86. The number of fused-ring (bicyclic) bond motifs is 1. The van der Waals surface area contributed by atoms with Crippen molar-refractivity contribution in [1.29, 1.82) is 0 Å². The highest BCUT2D eigenvalue weighted by atomic mass is 16.5. The molecule has 2 rings (SSSR count). The SMILES string of the molecule is C=C1Nc2ncc(C(C)C)cc2O1. The van der Waals surface area contributed by atoms with E-state index in [9.17, 15) is 0 Å². The van der Waals surface area contributed by atoms with Crippen LogP contribution in [0.1, 0.15) is 25.3 Å². The van der Waals surface area contributed by atoms with E-state index in [4.69, 9.17) is 4.74 Å². The van der Waals surface area contributed by atoms with Crippen molar-refractivity contribution < 1.29 is 4.74 Å². The Labute approximate surface area is 77.4 Å². The van der Waals surface area contributed by atoms with Crippen molar-refractivity contribution in [2.75, 3.05) is 5.32 Å². The van der Waals surface area contributed by atoms with Gasteiger partial charge in [0.1, 0.15) is 0 Å². The van der Waals surface area contributed by atoms with E-state index in [0.717, 1.165) is 11.6 Å². The summed E-state index contributed by atoms with van der Waals surface area (Å²) in [7, 11) is 0. The van der Waals surface area contributed by atoms with E-state index >= 15 is 0 Å². The molecule has 0 saturated carbocycles. The molecule has 1 aromatic rings. The van der Waals surface area contributed by atoms with Crippen LogP contribution in [0.3, 0.4) is 0 Å². The standard InChI is InChI=1S/C10H12N2O/c1-6(2)8-4-9-10(11-5-8)12-7(3)13-9/h4-6H,3H2,1-2H3,(H,11,12). The molecular formula is C10H12N2O. The minimum absolute atomic E-state index is 0.468. The number of hydrogen-bond donors (Lipinski definition) is 1. The van der Waals surface area contributed by atoms with Gasteiger partial charge in [-0.2, -0.15) is 0 Å². The second-order valence-electron chi connectivity index (χ2n) is 3.42. The lowest BCUT2D eigenvalue weighted by Gasteiger charge is -2.04. The summed E-state index contributed by atoms with van der Waals surface area (Å²) >= 11 is 0. The maximum absolute atomic E-state index is 5.33. The van der Waals surface area contributed by atoms with E-state index in [0.29, 0.717) is 11.8 Å². The minimum atomic E-state index is 0.468. The van der Waals surface area contributed by atoms with Crippen molar-refractivity contribution in [3.63, 3.8) is 0 Å². The third-order valence-corrected chi connectivity index (χ3v) is 2.03. The maximum atomic E-state index is 5.33. The Morgan fingerprint density at radius 2 is 2.31 bits per heavy atom. The second-order valence-corrected chi connectivity index (χ2v) is 3.42. The van der Waals surface area contributed by atoms with Gasteiger partial charge in [-0.1, -0.05) is 13.8 Å². The zero-order valence-corrected chi connectivity index (χ0v) is 7.79. The third-order valence-electron chi connectivity index (χ3n) is 2.03. The molecule has 0 aromatic carbocycles. The van der Waals surface area contributed by atoms with Crippen LogP contribution >= 0.6 is 0 Å². The third kappa shape index (κ3) is 1.37. The molecule has 3 heteroatoms.